The lowest BCUT2D eigenvalue weighted by atomic mass is 10.2. The topological polar surface area (TPSA) is 86.4 Å². The van der Waals surface area contributed by atoms with E-state index in [4.69, 9.17) is 9.15 Å². The highest BCUT2D eigenvalue weighted by Crippen LogP contribution is 2.17. The lowest BCUT2D eigenvalue weighted by Crippen LogP contribution is -2.25. The number of amides is 1. The molecule has 1 heterocycles. The number of nitrogens with zero attached hydrogens (tertiary/aromatic N) is 2. The van der Waals surface area contributed by atoms with E-state index in [1.165, 1.54) is 31.4 Å². The number of nitrogens with one attached hydrogen (secondary N) is 1. The van der Waals surface area contributed by atoms with Gasteiger partial charge in [0.25, 0.3) is 0 Å². The van der Waals surface area contributed by atoms with Crippen molar-refractivity contribution in [2.45, 2.75) is 6.54 Å². The van der Waals surface area contributed by atoms with Crippen LogP contribution in [0.2, 0.25) is 0 Å². The molecule has 0 bridgehead atoms. The van der Waals surface area contributed by atoms with Gasteiger partial charge < -0.3 is 14.5 Å². The number of benzene rings is 2. The molecule has 0 radical (unpaired) electrons. The summed E-state index contributed by atoms with van der Waals surface area (Å²) in [5.41, 5.74) is 0.963. The van der Waals surface area contributed by atoms with Gasteiger partial charge in [0.15, 0.2) is 0 Å². The third-order valence-corrected chi connectivity index (χ3v) is 3.34. The van der Waals surface area contributed by atoms with E-state index in [1.807, 2.05) is 0 Å². The van der Waals surface area contributed by atoms with Crippen LogP contribution in [0.3, 0.4) is 0 Å². The molecule has 1 amide bonds. The van der Waals surface area contributed by atoms with Crippen LogP contribution in [0.25, 0.3) is 11.5 Å². The first-order chi connectivity index (χ1) is 12.0. The molecule has 0 atom stereocenters. The number of carbonyl (C=O) groups excluding carboxylic acids is 1. The van der Waals surface area contributed by atoms with E-state index >= 15 is 0 Å². The third kappa shape index (κ3) is 3.92. The first-order valence-corrected chi connectivity index (χ1v) is 7.33. The van der Waals surface area contributed by atoms with Gasteiger partial charge >= 0.3 is 5.76 Å². The zero-order chi connectivity index (χ0) is 17.8. The highest BCUT2D eigenvalue weighted by Gasteiger charge is 2.13. The molecule has 25 heavy (non-hydrogen) atoms. The second-order valence-electron chi connectivity index (χ2n) is 5.12. The standard InChI is InChI=1S/C17H14FN3O4/c1-24-14-4-2-3-13(9-14)19-15(22)10-21-17(23)25-16(20-21)11-5-7-12(18)8-6-11/h2-9H,10H2,1H3,(H,19,22). The van der Waals surface area contributed by atoms with Crippen LogP contribution in [-0.2, 0) is 11.3 Å². The molecule has 1 N–H and O–H groups in total. The average molecular weight is 343 g/mol. The Hall–Kier alpha value is -3.42. The van der Waals surface area contributed by atoms with E-state index in [1.54, 1.807) is 24.3 Å². The Morgan fingerprint density at radius 2 is 2.04 bits per heavy atom. The molecule has 0 aliphatic heterocycles. The van der Waals surface area contributed by atoms with Crippen LogP contribution in [0.5, 0.6) is 5.75 Å². The molecular weight excluding hydrogens is 329 g/mol. The lowest BCUT2D eigenvalue weighted by Gasteiger charge is -2.06. The monoisotopic (exact) mass is 343 g/mol. The number of aromatic nitrogens is 2. The predicted octanol–water partition coefficient (Wildman–Crippen LogP) is 2.29. The summed E-state index contributed by atoms with van der Waals surface area (Å²) in [5.74, 6) is -1.04. The Balaban J connectivity index is 1.73. The Labute approximate surface area is 141 Å². The molecule has 3 aromatic rings. The maximum Gasteiger partial charge on any atom is 0.437 e. The molecule has 0 saturated heterocycles. The van der Waals surface area contributed by atoms with Crippen molar-refractivity contribution < 1.29 is 18.3 Å². The first-order valence-electron chi connectivity index (χ1n) is 7.33. The van der Waals surface area contributed by atoms with Gasteiger partial charge in [-0.15, -0.1) is 5.10 Å². The summed E-state index contributed by atoms with van der Waals surface area (Å²) in [5, 5.41) is 6.59. The fraction of sp³-hybridized carbons (Fsp3) is 0.118. The van der Waals surface area contributed by atoms with Gasteiger partial charge in [-0.3, -0.25) is 4.79 Å². The largest absolute Gasteiger partial charge is 0.497 e. The summed E-state index contributed by atoms with van der Waals surface area (Å²) in [6.45, 7) is -0.319. The van der Waals surface area contributed by atoms with Gasteiger partial charge in [0.1, 0.15) is 18.1 Å². The third-order valence-electron chi connectivity index (χ3n) is 3.34. The zero-order valence-corrected chi connectivity index (χ0v) is 13.2. The van der Waals surface area contributed by atoms with Crippen molar-refractivity contribution in [2.75, 3.05) is 12.4 Å². The molecule has 0 aliphatic carbocycles. The highest BCUT2D eigenvalue weighted by molar-refractivity contribution is 5.90. The molecule has 2 aromatic carbocycles. The molecule has 8 heteroatoms. The summed E-state index contributed by atoms with van der Waals surface area (Å²) in [6, 6.07) is 12.1. The van der Waals surface area contributed by atoms with Crippen molar-refractivity contribution >= 4 is 11.6 Å². The van der Waals surface area contributed by atoms with Gasteiger partial charge in [-0.1, -0.05) is 6.07 Å². The van der Waals surface area contributed by atoms with Crippen molar-refractivity contribution in [1.82, 2.24) is 9.78 Å². The molecule has 128 valence electrons. The fourth-order valence-corrected chi connectivity index (χ4v) is 2.15. The summed E-state index contributed by atoms with van der Waals surface area (Å²) in [7, 11) is 1.52. The van der Waals surface area contributed by atoms with Gasteiger partial charge in [0, 0.05) is 17.3 Å². The second kappa shape index (κ2) is 7.00. The number of halogens is 1. The zero-order valence-electron chi connectivity index (χ0n) is 13.2. The SMILES string of the molecule is COc1cccc(NC(=O)Cn2nc(-c3ccc(F)cc3)oc2=O)c1. The van der Waals surface area contributed by atoms with E-state index in [0.29, 0.717) is 17.0 Å². The Morgan fingerprint density at radius 1 is 1.28 bits per heavy atom. The fourth-order valence-electron chi connectivity index (χ4n) is 2.15. The van der Waals surface area contributed by atoms with Crippen LogP contribution in [-0.4, -0.2) is 22.8 Å². The summed E-state index contributed by atoms with van der Waals surface area (Å²) in [4.78, 5) is 23.9. The minimum absolute atomic E-state index is 0.0131. The maximum absolute atomic E-state index is 12.9. The van der Waals surface area contributed by atoms with Crippen molar-refractivity contribution in [3.05, 3.63) is 64.9 Å². The first kappa shape index (κ1) is 16.4. The van der Waals surface area contributed by atoms with E-state index in [-0.39, 0.29) is 12.4 Å². The Bertz CT molecular complexity index is 947. The van der Waals surface area contributed by atoms with Gasteiger partial charge in [-0.2, -0.15) is 4.68 Å². The number of hydrogen-bond donors (Lipinski definition) is 1. The molecule has 0 fully saturated rings. The number of rotatable bonds is 5. The van der Waals surface area contributed by atoms with Crippen LogP contribution in [0.1, 0.15) is 0 Å². The maximum atomic E-state index is 12.9. The minimum Gasteiger partial charge on any atom is -0.497 e. The summed E-state index contributed by atoms with van der Waals surface area (Å²) in [6.07, 6.45) is 0. The van der Waals surface area contributed by atoms with Crippen LogP contribution >= 0.6 is 0 Å². The molecule has 7 nitrogen and oxygen atoms in total. The highest BCUT2D eigenvalue weighted by atomic mass is 19.1. The van der Waals surface area contributed by atoms with Gasteiger partial charge in [0.2, 0.25) is 11.8 Å². The Morgan fingerprint density at radius 3 is 2.76 bits per heavy atom. The second-order valence-corrected chi connectivity index (χ2v) is 5.12. The quantitative estimate of drug-likeness (QED) is 0.768. The normalized spacial score (nSPS) is 10.5. The number of anilines is 1. The van der Waals surface area contributed by atoms with Crippen LogP contribution < -0.4 is 15.8 Å². The van der Waals surface area contributed by atoms with Crippen LogP contribution in [0.4, 0.5) is 10.1 Å². The van der Waals surface area contributed by atoms with E-state index in [2.05, 4.69) is 10.4 Å². The van der Waals surface area contributed by atoms with E-state index < -0.39 is 17.5 Å². The van der Waals surface area contributed by atoms with Gasteiger partial charge in [0.05, 0.1) is 7.11 Å². The molecular formula is C17H14FN3O4. The molecule has 1 aromatic heterocycles. The summed E-state index contributed by atoms with van der Waals surface area (Å²) >= 11 is 0. The molecule has 3 rings (SSSR count). The lowest BCUT2D eigenvalue weighted by molar-refractivity contribution is -0.117. The summed E-state index contributed by atoms with van der Waals surface area (Å²) < 4.78 is 23.9. The molecule has 0 aliphatic rings. The molecule has 0 saturated carbocycles. The number of carbonyl (C=O) groups is 1. The predicted molar refractivity (Wildman–Crippen MR) is 87.8 cm³/mol. The molecule has 0 spiro atoms. The van der Waals surface area contributed by atoms with Crippen molar-refractivity contribution in [1.29, 1.82) is 0 Å². The van der Waals surface area contributed by atoms with Crippen molar-refractivity contribution in [3.8, 4) is 17.2 Å². The van der Waals surface area contributed by atoms with E-state index in [0.717, 1.165) is 4.68 Å². The Kier molecular flexibility index (Phi) is 4.60. The number of methoxy groups -OCH3 is 1. The van der Waals surface area contributed by atoms with Gasteiger partial charge in [-0.05, 0) is 36.4 Å². The molecule has 0 unspecified atom stereocenters. The minimum atomic E-state index is -0.778. The number of hydrogen-bond acceptors (Lipinski definition) is 5. The average Bonchev–Trinajstić information content (AvgIpc) is 2.96. The van der Waals surface area contributed by atoms with Crippen LogP contribution in [0, 0.1) is 5.82 Å². The van der Waals surface area contributed by atoms with Crippen LogP contribution in [0.15, 0.2) is 57.7 Å². The van der Waals surface area contributed by atoms with Crippen molar-refractivity contribution in [3.63, 3.8) is 0 Å². The van der Waals surface area contributed by atoms with Gasteiger partial charge in [-0.25, -0.2) is 9.18 Å². The smallest absolute Gasteiger partial charge is 0.437 e. The van der Waals surface area contributed by atoms with Crippen molar-refractivity contribution in [2.24, 2.45) is 0 Å². The van der Waals surface area contributed by atoms with E-state index in [9.17, 15) is 14.0 Å². The number of ether oxygens (including phenoxy) is 1.